The number of aliphatic hydroxyl groups is 1. The molecule has 0 aromatic heterocycles. The van der Waals surface area contributed by atoms with Crippen LogP contribution in [0.1, 0.15) is 23.2 Å². The molecule has 0 saturated carbocycles. The van der Waals surface area contributed by atoms with E-state index in [1.54, 1.807) is 0 Å². The second kappa shape index (κ2) is 5.96. The van der Waals surface area contributed by atoms with Crippen molar-refractivity contribution in [3.05, 3.63) is 27.3 Å². The highest BCUT2D eigenvalue weighted by Gasteiger charge is 2.35. The van der Waals surface area contributed by atoms with Crippen molar-refractivity contribution >= 4 is 38.6 Å². The number of nitrogens with zero attached hydrogens (tertiary/aromatic N) is 1. The van der Waals surface area contributed by atoms with Gasteiger partial charge in [0.15, 0.2) is 0 Å². The summed E-state index contributed by atoms with van der Waals surface area (Å²) in [5, 5.41) is 18.3. The summed E-state index contributed by atoms with van der Waals surface area (Å²) in [6.45, 7) is 0.122. The molecule has 1 heterocycles. The van der Waals surface area contributed by atoms with Crippen LogP contribution in [-0.2, 0) is 10.0 Å². The second-order valence-corrected chi connectivity index (χ2v) is 7.59. The minimum absolute atomic E-state index is 0.0357. The summed E-state index contributed by atoms with van der Waals surface area (Å²) < 4.78 is 26.8. The number of carboxylic acids is 1. The van der Waals surface area contributed by atoms with Crippen LogP contribution in [0.25, 0.3) is 0 Å². The molecule has 6 nitrogen and oxygen atoms in total. The third-order valence-corrected chi connectivity index (χ3v) is 6.20. The standard InChI is InChI=1S/C12H14INO5S/c13-11-4-3-9(6-10(11)12(16)17)20(18,19)14-5-1-2-8(14)7-15/h3-4,6,8,15H,1-2,5,7H2,(H,16,17)/t8-/m0/s1. The average Bonchev–Trinajstić information content (AvgIpc) is 2.87. The van der Waals surface area contributed by atoms with Gasteiger partial charge in [0.1, 0.15) is 0 Å². The zero-order valence-electron chi connectivity index (χ0n) is 10.5. The lowest BCUT2D eigenvalue weighted by atomic mass is 10.2. The van der Waals surface area contributed by atoms with Gasteiger partial charge in [-0.3, -0.25) is 0 Å². The first kappa shape index (κ1) is 15.7. The third-order valence-electron chi connectivity index (χ3n) is 3.31. The Morgan fingerprint density at radius 1 is 1.45 bits per heavy atom. The minimum atomic E-state index is -3.77. The molecule has 0 aliphatic carbocycles. The summed E-state index contributed by atoms with van der Waals surface area (Å²) in [6, 6.07) is 3.62. The van der Waals surface area contributed by atoms with Gasteiger partial charge >= 0.3 is 5.97 Å². The molecule has 1 aromatic carbocycles. The quantitative estimate of drug-likeness (QED) is 0.725. The van der Waals surface area contributed by atoms with E-state index in [1.165, 1.54) is 22.5 Å². The molecule has 8 heteroatoms. The van der Waals surface area contributed by atoms with E-state index in [4.69, 9.17) is 5.11 Å². The molecule has 110 valence electrons. The van der Waals surface area contributed by atoms with E-state index in [-0.39, 0.29) is 17.1 Å². The maximum atomic E-state index is 12.5. The lowest BCUT2D eigenvalue weighted by Gasteiger charge is -2.22. The Morgan fingerprint density at radius 3 is 2.75 bits per heavy atom. The van der Waals surface area contributed by atoms with Crippen molar-refractivity contribution in [2.24, 2.45) is 0 Å². The number of hydrogen-bond acceptors (Lipinski definition) is 4. The Bertz CT molecular complexity index is 631. The largest absolute Gasteiger partial charge is 0.478 e. The fourth-order valence-electron chi connectivity index (χ4n) is 2.27. The summed E-state index contributed by atoms with van der Waals surface area (Å²) in [7, 11) is -3.77. The van der Waals surface area contributed by atoms with Crippen LogP contribution in [0.4, 0.5) is 0 Å². The predicted octanol–water partition coefficient (Wildman–Crippen LogP) is 1.13. The monoisotopic (exact) mass is 411 g/mol. The Balaban J connectivity index is 2.44. The summed E-state index contributed by atoms with van der Waals surface area (Å²) in [4.78, 5) is 11.0. The number of aliphatic hydroxyl groups excluding tert-OH is 1. The van der Waals surface area contributed by atoms with Gasteiger partial charge in [0.2, 0.25) is 10.0 Å². The van der Waals surface area contributed by atoms with Crippen molar-refractivity contribution in [3.63, 3.8) is 0 Å². The van der Waals surface area contributed by atoms with Crippen LogP contribution in [0.5, 0.6) is 0 Å². The molecule has 1 saturated heterocycles. The highest BCUT2D eigenvalue weighted by atomic mass is 127. The fraction of sp³-hybridized carbons (Fsp3) is 0.417. The predicted molar refractivity (Wildman–Crippen MR) is 80.1 cm³/mol. The van der Waals surface area contributed by atoms with E-state index >= 15 is 0 Å². The molecule has 2 N–H and O–H groups in total. The molecule has 0 radical (unpaired) electrons. The van der Waals surface area contributed by atoms with Crippen molar-refractivity contribution < 1.29 is 23.4 Å². The summed E-state index contributed by atoms with van der Waals surface area (Å²) in [6.07, 6.45) is 1.31. The zero-order chi connectivity index (χ0) is 14.9. The molecular weight excluding hydrogens is 397 g/mol. The topological polar surface area (TPSA) is 94.9 Å². The zero-order valence-corrected chi connectivity index (χ0v) is 13.5. The third kappa shape index (κ3) is 2.83. The second-order valence-electron chi connectivity index (χ2n) is 4.54. The van der Waals surface area contributed by atoms with E-state index in [0.717, 1.165) is 0 Å². The first-order valence-electron chi connectivity index (χ1n) is 6.03. The number of hydrogen-bond donors (Lipinski definition) is 2. The molecule has 1 fully saturated rings. The normalized spacial score (nSPS) is 20.2. The van der Waals surface area contributed by atoms with Crippen LogP contribution >= 0.6 is 22.6 Å². The molecule has 0 unspecified atom stereocenters. The number of halogens is 1. The summed E-state index contributed by atoms with van der Waals surface area (Å²) in [5.41, 5.74) is -0.0357. The molecule has 1 aliphatic rings. The van der Waals surface area contributed by atoms with Crippen LogP contribution in [-0.4, -0.2) is 48.1 Å². The van der Waals surface area contributed by atoms with Gasteiger partial charge in [0.05, 0.1) is 17.1 Å². The van der Waals surface area contributed by atoms with Crippen molar-refractivity contribution in [2.75, 3.05) is 13.2 Å². The molecule has 1 aliphatic heterocycles. The number of carboxylic acid groups (broad SMARTS) is 1. The average molecular weight is 411 g/mol. The Labute approximate surface area is 130 Å². The van der Waals surface area contributed by atoms with Gasteiger partial charge in [0.25, 0.3) is 0 Å². The van der Waals surface area contributed by atoms with E-state index < -0.39 is 22.0 Å². The number of aromatic carboxylic acids is 1. The minimum Gasteiger partial charge on any atom is -0.478 e. The number of carbonyl (C=O) groups is 1. The summed E-state index contributed by atoms with van der Waals surface area (Å²) >= 11 is 1.85. The van der Waals surface area contributed by atoms with Crippen LogP contribution in [0.2, 0.25) is 0 Å². The molecule has 20 heavy (non-hydrogen) atoms. The van der Waals surface area contributed by atoms with Gasteiger partial charge in [-0.05, 0) is 53.6 Å². The molecule has 2 rings (SSSR count). The van der Waals surface area contributed by atoms with Crippen molar-refractivity contribution in [3.8, 4) is 0 Å². The number of rotatable bonds is 4. The molecule has 0 bridgehead atoms. The van der Waals surface area contributed by atoms with Crippen molar-refractivity contribution in [1.82, 2.24) is 4.31 Å². The maximum Gasteiger partial charge on any atom is 0.336 e. The first-order valence-corrected chi connectivity index (χ1v) is 8.55. The van der Waals surface area contributed by atoms with Gasteiger partial charge in [-0.1, -0.05) is 0 Å². The fourth-order valence-corrected chi connectivity index (χ4v) is 4.55. The van der Waals surface area contributed by atoms with Crippen LogP contribution < -0.4 is 0 Å². The molecular formula is C12H14INO5S. The van der Waals surface area contributed by atoms with Crippen LogP contribution in [0.3, 0.4) is 0 Å². The van der Waals surface area contributed by atoms with Gasteiger partial charge in [0, 0.05) is 16.2 Å². The SMILES string of the molecule is O=C(O)c1cc(S(=O)(=O)N2CCC[C@H]2CO)ccc1I. The number of benzene rings is 1. The Kier molecular flexibility index (Phi) is 4.67. The number of sulfonamides is 1. The van der Waals surface area contributed by atoms with Crippen molar-refractivity contribution in [1.29, 1.82) is 0 Å². The van der Waals surface area contributed by atoms with E-state index in [0.29, 0.717) is 23.0 Å². The maximum absolute atomic E-state index is 12.5. The molecule has 1 atom stereocenters. The molecule has 1 aromatic rings. The highest BCUT2D eigenvalue weighted by molar-refractivity contribution is 14.1. The van der Waals surface area contributed by atoms with Gasteiger partial charge in [-0.15, -0.1) is 0 Å². The van der Waals surface area contributed by atoms with Crippen molar-refractivity contribution in [2.45, 2.75) is 23.8 Å². The van der Waals surface area contributed by atoms with E-state index in [2.05, 4.69) is 0 Å². The van der Waals surface area contributed by atoms with Crippen LogP contribution in [0, 0.1) is 3.57 Å². The van der Waals surface area contributed by atoms with Gasteiger partial charge < -0.3 is 10.2 Å². The molecule has 0 amide bonds. The lowest BCUT2D eigenvalue weighted by molar-refractivity contribution is 0.0695. The van der Waals surface area contributed by atoms with E-state index in [9.17, 15) is 18.3 Å². The summed E-state index contributed by atoms with van der Waals surface area (Å²) in [5.74, 6) is -1.16. The van der Waals surface area contributed by atoms with Gasteiger partial charge in [-0.25, -0.2) is 13.2 Å². The Hall–Kier alpha value is -0.710. The first-order chi connectivity index (χ1) is 9.37. The van der Waals surface area contributed by atoms with E-state index in [1.807, 2.05) is 22.6 Å². The smallest absolute Gasteiger partial charge is 0.336 e. The highest BCUT2D eigenvalue weighted by Crippen LogP contribution is 2.27. The molecule has 0 spiro atoms. The van der Waals surface area contributed by atoms with Crippen LogP contribution in [0.15, 0.2) is 23.1 Å². The Morgan fingerprint density at radius 2 is 2.15 bits per heavy atom. The lowest BCUT2D eigenvalue weighted by Crippen LogP contribution is -2.37. The van der Waals surface area contributed by atoms with Gasteiger partial charge in [-0.2, -0.15) is 4.31 Å².